The number of aliphatic hydroxyl groups excluding tert-OH is 1. The van der Waals surface area contributed by atoms with Crippen molar-refractivity contribution in [2.75, 3.05) is 24.7 Å². The summed E-state index contributed by atoms with van der Waals surface area (Å²) in [5.74, 6) is -0.0942. The second-order valence-corrected chi connectivity index (χ2v) is 9.45. The monoisotopic (exact) mass is 297 g/mol. The van der Waals surface area contributed by atoms with Crippen LogP contribution in [0.5, 0.6) is 0 Å². The molecule has 1 atom stereocenters. The third-order valence-electron chi connectivity index (χ3n) is 3.78. The first-order valence-corrected chi connectivity index (χ1v) is 9.51. The van der Waals surface area contributed by atoms with Crippen LogP contribution in [0.2, 0.25) is 0 Å². The maximum atomic E-state index is 12.4. The van der Waals surface area contributed by atoms with E-state index in [1.165, 1.54) is 4.31 Å². The lowest BCUT2D eigenvalue weighted by molar-refractivity contribution is 0.212. The maximum absolute atomic E-state index is 12.4. The van der Waals surface area contributed by atoms with Gasteiger partial charge in [-0.1, -0.05) is 0 Å². The van der Waals surface area contributed by atoms with Crippen molar-refractivity contribution in [3.05, 3.63) is 0 Å². The van der Waals surface area contributed by atoms with E-state index >= 15 is 0 Å². The Balaban J connectivity index is 2.12. The fraction of sp³-hybridized carbons (Fsp3) is 1.00. The van der Waals surface area contributed by atoms with Crippen LogP contribution in [0.15, 0.2) is 0 Å². The fourth-order valence-corrected chi connectivity index (χ4v) is 6.66. The molecule has 6 nitrogen and oxygen atoms in total. The Morgan fingerprint density at radius 2 is 1.78 bits per heavy atom. The van der Waals surface area contributed by atoms with E-state index in [1.807, 2.05) is 0 Å². The first-order chi connectivity index (χ1) is 8.37. The molecule has 2 fully saturated rings. The summed E-state index contributed by atoms with van der Waals surface area (Å²) in [6.45, 7) is 0.279. The molecule has 0 spiro atoms. The topological polar surface area (TPSA) is 91.8 Å². The lowest BCUT2D eigenvalue weighted by Crippen LogP contribution is -2.45. The number of rotatable bonds is 3. The number of hydrogen-bond donors (Lipinski definition) is 1. The van der Waals surface area contributed by atoms with Crippen LogP contribution < -0.4 is 0 Å². The maximum Gasteiger partial charge on any atom is 0.217 e. The number of sulfonamides is 1. The average molecular weight is 297 g/mol. The van der Waals surface area contributed by atoms with E-state index in [2.05, 4.69) is 0 Å². The van der Waals surface area contributed by atoms with Crippen molar-refractivity contribution in [1.29, 1.82) is 0 Å². The molecule has 2 heterocycles. The molecule has 2 saturated heterocycles. The fourth-order valence-electron chi connectivity index (χ4n) is 2.68. The minimum atomic E-state index is -3.46. The van der Waals surface area contributed by atoms with E-state index in [9.17, 15) is 21.9 Å². The standard InChI is InChI=1S/C10H19NO5S2/c12-8-9-2-1-5-11(9)18(15,16)10-3-6-17(13,14)7-4-10/h9-10,12H,1-8H2. The highest BCUT2D eigenvalue weighted by molar-refractivity contribution is 7.92. The summed E-state index contributed by atoms with van der Waals surface area (Å²) >= 11 is 0. The SMILES string of the molecule is O=S1(=O)CCC(S(=O)(=O)N2CCCC2CO)CC1. The average Bonchev–Trinajstić information content (AvgIpc) is 2.77. The van der Waals surface area contributed by atoms with E-state index in [0.717, 1.165) is 6.42 Å². The molecule has 0 aromatic rings. The Kier molecular flexibility index (Phi) is 4.01. The minimum absolute atomic E-state index is 0.0471. The van der Waals surface area contributed by atoms with Gasteiger partial charge in [-0.3, -0.25) is 0 Å². The Hall–Kier alpha value is -0.180. The number of hydrogen-bond acceptors (Lipinski definition) is 5. The summed E-state index contributed by atoms with van der Waals surface area (Å²) in [5.41, 5.74) is 0. The molecule has 0 amide bonds. The summed E-state index contributed by atoms with van der Waals surface area (Å²) in [6.07, 6.45) is 1.80. The van der Waals surface area contributed by atoms with Crippen molar-refractivity contribution in [1.82, 2.24) is 4.31 Å². The highest BCUT2D eigenvalue weighted by atomic mass is 32.2. The van der Waals surface area contributed by atoms with Gasteiger partial charge in [0.15, 0.2) is 0 Å². The van der Waals surface area contributed by atoms with Gasteiger partial charge >= 0.3 is 0 Å². The summed E-state index contributed by atoms with van der Waals surface area (Å²) < 4.78 is 48.8. The summed E-state index contributed by atoms with van der Waals surface area (Å²) in [4.78, 5) is 0. The molecule has 8 heteroatoms. The highest BCUT2D eigenvalue weighted by Gasteiger charge is 2.41. The highest BCUT2D eigenvalue weighted by Crippen LogP contribution is 2.28. The van der Waals surface area contributed by atoms with Gasteiger partial charge in [-0.25, -0.2) is 16.8 Å². The molecule has 18 heavy (non-hydrogen) atoms. The van der Waals surface area contributed by atoms with E-state index in [-0.39, 0.29) is 37.0 Å². The van der Waals surface area contributed by atoms with E-state index in [4.69, 9.17) is 0 Å². The van der Waals surface area contributed by atoms with Crippen LogP contribution in [0.3, 0.4) is 0 Å². The van der Waals surface area contributed by atoms with E-state index < -0.39 is 25.1 Å². The number of sulfone groups is 1. The van der Waals surface area contributed by atoms with Crippen LogP contribution in [-0.2, 0) is 19.9 Å². The van der Waals surface area contributed by atoms with Gasteiger partial charge in [0.25, 0.3) is 0 Å². The van der Waals surface area contributed by atoms with E-state index in [1.54, 1.807) is 0 Å². The van der Waals surface area contributed by atoms with E-state index in [0.29, 0.717) is 13.0 Å². The van der Waals surface area contributed by atoms with Crippen LogP contribution in [0.25, 0.3) is 0 Å². The molecule has 1 unspecified atom stereocenters. The Morgan fingerprint density at radius 3 is 2.33 bits per heavy atom. The second kappa shape index (κ2) is 5.07. The molecule has 106 valence electrons. The van der Waals surface area contributed by atoms with Crippen molar-refractivity contribution < 1.29 is 21.9 Å². The van der Waals surface area contributed by atoms with Gasteiger partial charge in [0, 0.05) is 12.6 Å². The normalized spacial score (nSPS) is 30.6. The molecule has 2 aliphatic heterocycles. The Bertz CT molecular complexity index is 484. The molecule has 0 aliphatic carbocycles. The van der Waals surface area contributed by atoms with Gasteiger partial charge in [-0.2, -0.15) is 4.31 Å². The Labute approximate surface area is 108 Å². The predicted octanol–water partition coefficient (Wildman–Crippen LogP) is -0.650. The van der Waals surface area contributed by atoms with Crippen molar-refractivity contribution in [3.8, 4) is 0 Å². The zero-order valence-corrected chi connectivity index (χ0v) is 11.8. The quantitative estimate of drug-likeness (QED) is 0.747. The van der Waals surface area contributed by atoms with Gasteiger partial charge in [0.2, 0.25) is 10.0 Å². The predicted molar refractivity (Wildman–Crippen MR) is 67.4 cm³/mol. The zero-order chi connectivity index (χ0) is 13.4. The van der Waals surface area contributed by atoms with Gasteiger partial charge < -0.3 is 5.11 Å². The van der Waals surface area contributed by atoms with Crippen molar-refractivity contribution in [3.63, 3.8) is 0 Å². The molecular formula is C10H19NO5S2. The number of aliphatic hydroxyl groups is 1. The van der Waals surface area contributed by atoms with Gasteiger partial charge in [0.1, 0.15) is 9.84 Å². The van der Waals surface area contributed by atoms with Crippen LogP contribution >= 0.6 is 0 Å². The smallest absolute Gasteiger partial charge is 0.217 e. The molecule has 2 aliphatic rings. The van der Waals surface area contributed by atoms with Crippen molar-refractivity contribution in [2.45, 2.75) is 37.0 Å². The first-order valence-electron chi connectivity index (χ1n) is 6.19. The Morgan fingerprint density at radius 1 is 1.17 bits per heavy atom. The summed E-state index contributed by atoms with van der Waals surface area (Å²) in [6, 6.07) is -0.325. The largest absolute Gasteiger partial charge is 0.395 e. The summed E-state index contributed by atoms with van der Waals surface area (Å²) in [5, 5.41) is 8.58. The first kappa shape index (κ1) is 14.2. The van der Waals surface area contributed by atoms with Crippen LogP contribution in [0.1, 0.15) is 25.7 Å². The lowest BCUT2D eigenvalue weighted by atomic mass is 10.2. The molecule has 2 rings (SSSR count). The molecule has 0 aromatic carbocycles. The molecule has 0 bridgehead atoms. The molecule has 1 N–H and O–H groups in total. The van der Waals surface area contributed by atoms with Crippen LogP contribution in [0.4, 0.5) is 0 Å². The zero-order valence-electron chi connectivity index (χ0n) is 10.2. The van der Waals surface area contributed by atoms with Gasteiger partial charge in [0.05, 0.1) is 23.4 Å². The third-order valence-corrected chi connectivity index (χ3v) is 7.95. The summed E-state index contributed by atoms with van der Waals surface area (Å²) in [7, 11) is -6.52. The van der Waals surface area contributed by atoms with Crippen LogP contribution in [0, 0.1) is 0 Å². The van der Waals surface area contributed by atoms with Crippen molar-refractivity contribution in [2.24, 2.45) is 0 Å². The molecule has 0 radical (unpaired) electrons. The second-order valence-electron chi connectivity index (χ2n) is 4.99. The minimum Gasteiger partial charge on any atom is -0.395 e. The van der Waals surface area contributed by atoms with Crippen molar-refractivity contribution >= 4 is 19.9 Å². The van der Waals surface area contributed by atoms with Gasteiger partial charge in [-0.05, 0) is 25.7 Å². The van der Waals surface area contributed by atoms with Gasteiger partial charge in [-0.15, -0.1) is 0 Å². The number of nitrogens with zero attached hydrogens (tertiary/aromatic N) is 1. The lowest BCUT2D eigenvalue weighted by Gasteiger charge is -2.29. The third kappa shape index (κ3) is 2.71. The molecule has 0 saturated carbocycles. The molecular weight excluding hydrogens is 278 g/mol. The van der Waals surface area contributed by atoms with Crippen LogP contribution in [-0.4, -0.2) is 62.2 Å². The molecule has 0 aromatic heterocycles.